The third-order valence-corrected chi connectivity index (χ3v) is 12.9. The minimum absolute atomic E-state index is 0.0266. The number of alkyl carbamates (subject to hydrolysis) is 3. The van der Waals surface area contributed by atoms with Gasteiger partial charge in [0, 0.05) is 78.5 Å². The number of benzene rings is 4. The third kappa shape index (κ3) is 37.4. The van der Waals surface area contributed by atoms with Crippen molar-refractivity contribution in [1.82, 2.24) is 21.3 Å². The first-order valence-electron chi connectivity index (χ1n) is 37.5. The molecule has 0 fully saturated rings. The van der Waals surface area contributed by atoms with Gasteiger partial charge in [-0.1, -0.05) is 91.0 Å². The van der Waals surface area contributed by atoms with E-state index >= 15 is 0 Å². The van der Waals surface area contributed by atoms with Crippen LogP contribution in [0.3, 0.4) is 0 Å². The number of nitrogens with two attached hydrogens (primary N) is 5. The van der Waals surface area contributed by atoms with E-state index < -0.39 is 171 Å². The van der Waals surface area contributed by atoms with Crippen molar-refractivity contribution in [3.8, 4) is 5.75 Å². The molecule has 25 nitrogen and oxygen atoms in total. The molecule has 6 amide bonds. The van der Waals surface area contributed by atoms with Crippen molar-refractivity contribution >= 4 is 74.7 Å². The van der Waals surface area contributed by atoms with Gasteiger partial charge in [0.15, 0.2) is 17.5 Å². The van der Waals surface area contributed by atoms with Gasteiger partial charge in [-0.25, -0.2) is 14.4 Å². The summed E-state index contributed by atoms with van der Waals surface area (Å²) in [7, 11) is 7.00. The number of nitrogens with zero attached hydrogens (tertiary/aromatic N) is 1. The summed E-state index contributed by atoms with van der Waals surface area (Å²) in [5, 5.41) is 23.5. The molecule has 6 atom stereocenters. The van der Waals surface area contributed by atoms with Gasteiger partial charge < -0.3 is 69.3 Å². The van der Waals surface area contributed by atoms with E-state index in [4.69, 9.17) is 72.1 Å². The van der Waals surface area contributed by atoms with E-state index in [1.807, 2.05) is 0 Å². The third-order valence-electron chi connectivity index (χ3n) is 12.9. The standard InChI is InChI=1S/C47H65N7O9.C21H33N3O4.BHN.BO/c1-30-23-36(55)24-31(2)37(30)26-35(28-41(57)39(20-14-22-51-44(49)50)54-46(61)62-29-33-17-10-7-11-18-33)43(59)53-38(19-12-13-21-52-45(60)63-47(3,4)5)40(56)27-34(42(48)58)25-32-15-8-6-9-16-32;1-21(2,3)28-20(27)24-12-8-7-11-17(22)18(25)14-16(19(23)26)13-15-9-5-4-6-10-15;2*1-2/h6-11,15-18,23-24,34-35,38-39,55H,12-14,19-22,25-29H2,1-5H3,(H2,48,58)(H,52,60)(H,53,59)(H,54,61)(H4,49,50,51);4-6,9-10,16-17H,7-8,11-14,22H2,1-3H3,(H2,23,26)(H,24,27);2H;/t34-,35-,38+,39-;16-,17+;;/m11../s1/i12D2,13D2,19D2,21D2;7D2,8D2,11D2,12D2;;. The van der Waals surface area contributed by atoms with E-state index in [-0.39, 0.29) is 57.0 Å². The Bertz CT molecular complexity index is 3810. The Kier molecular flexibility index (Phi) is 28.4. The van der Waals surface area contributed by atoms with Crippen molar-refractivity contribution in [3.05, 3.63) is 137 Å². The van der Waals surface area contributed by atoms with Crippen LogP contribution in [0.25, 0.3) is 0 Å². The number of Topliss-reactive ketones (excluding diaryl/α,β-unsaturated/α-hetero) is 3. The Balaban J connectivity index is 0.00000129. The molecule has 0 saturated carbocycles. The van der Waals surface area contributed by atoms with E-state index in [9.17, 15) is 51.0 Å². The fourth-order valence-corrected chi connectivity index (χ4v) is 8.57. The molecule has 0 aliphatic heterocycles. The molecule has 95 heavy (non-hydrogen) atoms. The SMILES string of the molecule is [2H]C([2H])(NC(=O)OC(C)(C)C)C([2H])([2H])C([2H])([2H])C([2H])([2H])[C@H](N)C(=O)C[C@@H](Cc1ccccc1)C(N)=O.[2H]C([2H])(NC(=O)OC(C)(C)C)C([2H])([2H])C([2H])([2H])C([2H])([2H])[C@H](NC(=O)[C@@H](CC(=O)[C@@H](CCCN=C(N)N)NC(=O)OCc1ccccc1)Cc1c(C)cc(O)cc1C)C(=O)C[C@@H](Cc1ccccc1)C(N)=O.[B]=N.[B]=O. The van der Waals surface area contributed by atoms with Gasteiger partial charge in [-0.2, -0.15) is 0 Å². The number of nitrogens with one attached hydrogen (secondary N) is 5. The molecule has 0 spiro atoms. The maximum absolute atomic E-state index is 14.9. The number of aromatic hydroxyl groups is 1. The molecule has 16 N–H and O–H groups in total. The number of amides is 6. The number of carbonyl (C=O) groups is 9. The number of aliphatic imine (C=N–C) groups is 1. The number of ketones is 3. The van der Waals surface area contributed by atoms with Gasteiger partial charge in [-0.15, -0.1) is 0 Å². The Morgan fingerprint density at radius 2 is 1.00 bits per heavy atom. The average molecular weight is 1330 g/mol. The van der Waals surface area contributed by atoms with Crippen LogP contribution in [0.4, 0.5) is 14.4 Å². The number of phenolic OH excluding ortho intramolecular Hbond substituents is 1. The molecule has 0 bridgehead atoms. The number of rotatable bonds is 36. The fraction of sp³-hybridized carbons (Fsp3) is 0.500. The topological polar surface area (TPSA) is 433 Å². The van der Waals surface area contributed by atoms with Gasteiger partial charge in [0.25, 0.3) is 0 Å². The van der Waals surface area contributed by atoms with Crippen LogP contribution in [0.5, 0.6) is 5.75 Å². The van der Waals surface area contributed by atoms with Gasteiger partial charge in [0.05, 0.1) is 18.1 Å². The number of guanidine groups is 1. The summed E-state index contributed by atoms with van der Waals surface area (Å²) in [4.78, 5) is 123. The van der Waals surface area contributed by atoms with Gasteiger partial charge in [0.2, 0.25) is 17.7 Å². The molecule has 516 valence electrons. The molecule has 0 saturated heterocycles. The number of hydrogen-bond donors (Lipinski definition) is 11. The summed E-state index contributed by atoms with van der Waals surface area (Å²) in [6.07, 6.45) is -29.8. The summed E-state index contributed by atoms with van der Waals surface area (Å²) in [5.41, 5.74) is 28.6. The zero-order valence-electron chi connectivity index (χ0n) is 70.6. The second kappa shape index (κ2) is 45.2. The average Bonchev–Trinajstić information content (AvgIpc) is 0.732. The summed E-state index contributed by atoms with van der Waals surface area (Å²) in [5.74, 6) is -10.8. The molecule has 2 radical (unpaired) electrons. The Labute approximate surface area is 583 Å². The van der Waals surface area contributed by atoms with Crippen LogP contribution in [0.2, 0.25) is 0 Å². The Hall–Kier alpha value is -9.13. The van der Waals surface area contributed by atoms with Crippen LogP contribution in [-0.2, 0) is 73.6 Å². The van der Waals surface area contributed by atoms with Crippen molar-refractivity contribution in [1.29, 1.82) is 5.31 Å². The zero-order chi connectivity index (χ0) is 86.0. The van der Waals surface area contributed by atoms with E-state index in [2.05, 4.69) is 31.0 Å². The molecule has 0 aliphatic carbocycles. The Morgan fingerprint density at radius 3 is 1.44 bits per heavy atom. The maximum atomic E-state index is 14.9. The molecular weight excluding hydrogens is 1220 g/mol. The molecular formula is C68H99B2N11O14. The van der Waals surface area contributed by atoms with Crippen LogP contribution in [0.1, 0.15) is 167 Å². The first-order valence-corrected chi connectivity index (χ1v) is 29.5. The van der Waals surface area contributed by atoms with Crippen LogP contribution < -0.4 is 49.9 Å². The molecule has 0 heterocycles. The van der Waals surface area contributed by atoms with Crippen LogP contribution >= 0.6 is 0 Å². The molecule has 0 aliphatic rings. The van der Waals surface area contributed by atoms with E-state index in [1.165, 1.54) is 53.7 Å². The quantitative estimate of drug-likeness (QED) is 0.00742. The summed E-state index contributed by atoms with van der Waals surface area (Å²) in [6.45, 7) is 4.48. The number of aryl methyl sites for hydroxylation is 2. The summed E-state index contributed by atoms with van der Waals surface area (Å²) in [6, 6.07) is 21.7. The molecule has 27 heteroatoms. The number of phenols is 1. The Morgan fingerprint density at radius 1 is 0.579 bits per heavy atom. The number of hydrogen-bond acceptors (Lipinski definition) is 17. The first-order chi connectivity index (χ1) is 50.9. The predicted octanol–water partition coefficient (Wildman–Crippen LogP) is 6.69. The molecule has 0 aromatic heterocycles. The van der Waals surface area contributed by atoms with Gasteiger partial charge >= 0.3 is 43.7 Å². The van der Waals surface area contributed by atoms with Crippen molar-refractivity contribution < 1.29 is 89.1 Å². The van der Waals surface area contributed by atoms with Crippen LogP contribution in [0, 0.1) is 36.9 Å². The van der Waals surface area contributed by atoms with Crippen molar-refractivity contribution in [2.45, 2.75) is 181 Å². The van der Waals surface area contributed by atoms with Gasteiger partial charge in [-0.05, 0) is 171 Å². The van der Waals surface area contributed by atoms with Crippen LogP contribution in [0.15, 0.2) is 108 Å². The number of carbonyl (C=O) groups excluding carboxylic acids is 9. The van der Waals surface area contributed by atoms with E-state index in [1.54, 1.807) is 115 Å². The van der Waals surface area contributed by atoms with Gasteiger partial charge in [0.1, 0.15) is 29.3 Å². The normalized spacial score (nSPS) is 16.4. The summed E-state index contributed by atoms with van der Waals surface area (Å²) < 4.78 is 158. The predicted molar refractivity (Wildman–Crippen MR) is 364 cm³/mol. The summed E-state index contributed by atoms with van der Waals surface area (Å²) >= 11 is 0. The minimum atomic E-state index is -4.15. The molecule has 4 aromatic carbocycles. The molecule has 4 rings (SSSR count). The first kappa shape index (κ1) is 59.6. The van der Waals surface area contributed by atoms with Crippen molar-refractivity contribution in [2.24, 2.45) is 51.4 Å². The van der Waals surface area contributed by atoms with E-state index in [0.29, 0.717) is 33.4 Å². The number of primary amides is 2. The van der Waals surface area contributed by atoms with E-state index in [0.717, 1.165) is 0 Å². The molecule has 0 unspecified atom stereocenters. The molecule has 4 aromatic rings. The van der Waals surface area contributed by atoms with Crippen LogP contribution in [-0.4, -0.2) is 129 Å². The zero-order valence-corrected chi connectivity index (χ0v) is 54.6. The van der Waals surface area contributed by atoms with Gasteiger partial charge in [-0.3, -0.25) is 33.8 Å². The van der Waals surface area contributed by atoms with Crippen molar-refractivity contribution in [2.75, 3.05) is 19.5 Å². The second-order valence-electron chi connectivity index (χ2n) is 23.0. The van der Waals surface area contributed by atoms with Crippen molar-refractivity contribution in [3.63, 3.8) is 0 Å². The number of ether oxygens (including phenoxy) is 3. The fourth-order valence-electron chi connectivity index (χ4n) is 8.57. The monoisotopic (exact) mass is 1330 g/mol. The second-order valence-corrected chi connectivity index (χ2v) is 23.0.